The minimum Gasteiger partial charge on any atom is -0.490 e. The van der Waals surface area contributed by atoms with Crippen LogP contribution in [-0.4, -0.2) is 44.7 Å². The zero-order chi connectivity index (χ0) is 29.9. The number of ether oxygens (including phenoxy) is 2. The van der Waals surface area contributed by atoms with Gasteiger partial charge in [0.2, 0.25) is 0 Å². The summed E-state index contributed by atoms with van der Waals surface area (Å²) >= 11 is 1.28. The van der Waals surface area contributed by atoms with Gasteiger partial charge in [0, 0.05) is 25.3 Å². The summed E-state index contributed by atoms with van der Waals surface area (Å²) in [5, 5.41) is 8.55. The highest BCUT2D eigenvalue weighted by atomic mass is 32.1. The third kappa shape index (κ3) is 8.15. The molecule has 0 radical (unpaired) electrons. The Morgan fingerprint density at radius 1 is 0.905 bits per heavy atom. The van der Waals surface area contributed by atoms with Crippen molar-refractivity contribution in [1.82, 2.24) is 10.7 Å². The molecule has 1 heterocycles. The van der Waals surface area contributed by atoms with Gasteiger partial charge in [-0.3, -0.25) is 9.59 Å². The van der Waals surface area contributed by atoms with Crippen LogP contribution in [0.2, 0.25) is 0 Å². The molecule has 9 nitrogen and oxygen atoms in total. The molecule has 0 aliphatic carbocycles. The second-order valence-corrected chi connectivity index (χ2v) is 10.0. The van der Waals surface area contributed by atoms with Gasteiger partial charge in [-0.1, -0.05) is 36.4 Å². The summed E-state index contributed by atoms with van der Waals surface area (Å²) in [6.07, 6.45) is 3.00. The first kappa shape index (κ1) is 29.8. The molecule has 2 amide bonds. The zero-order valence-electron chi connectivity index (χ0n) is 23.4. The van der Waals surface area contributed by atoms with Crippen LogP contribution in [-0.2, 0) is 4.79 Å². The lowest BCUT2D eigenvalue weighted by Crippen LogP contribution is -2.32. The minimum absolute atomic E-state index is 0.0180. The normalized spacial score (nSPS) is 11.2. The molecule has 42 heavy (non-hydrogen) atoms. The van der Waals surface area contributed by atoms with E-state index in [2.05, 4.69) is 15.8 Å². The van der Waals surface area contributed by atoms with Crippen molar-refractivity contribution < 1.29 is 23.9 Å². The van der Waals surface area contributed by atoms with Crippen molar-refractivity contribution in [1.29, 1.82) is 0 Å². The molecule has 0 aliphatic rings. The van der Waals surface area contributed by atoms with Gasteiger partial charge >= 0.3 is 5.97 Å². The van der Waals surface area contributed by atoms with Crippen molar-refractivity contribution in [3.8, 4) is 11.5 Å². The first-order chi connectivity index (χ1) is 20.3. The summed E-state index contributed by atoms with van der Waals surface area (Å²) in [7, 11) is 3.87. The van der Waals surface area contributed by atoms with Crippen LogP contribution in [0, 0.1) is 0 Å². The van der Waals surface area contributed by atoms with Crippen LogP contribution in [0.25, 0.3) is 6.08 Å². The summed E-state index contributed by atoms with van der Waals surface area (Å²) < 4.78 is 11.2. The number of hydrogen-bond acceptors (Lipinski definition) is 8. The minimum atomic E-state index is -0.612. The molecule has 0 fully saturated rings. The number of nitrogens with zero attached hydrogens (tertiary/aromatic N) is 2. The predicted octanol–water partition coefficient (Wildman–Crippen LogP) is 5.35. The number of thiophene rings is 1. The van der Waals surface area contributed by atoms with E-state index in [1.807, 2.05) is 50.2 Å². The molecule has 10 heteroatoms. The quantitative estimate of drug-likeness (QED) is 0.0811. The lowest BCUT2D eigenvalue weighted by molar-refractivity contribution is -0.117. The van der Waals surface area contributed by atoms with Gasteiger partial charge in [-0.05, 0) is 78.0 Å². The van der Waals surface area contributed by atoms with Gasteiger partial charge < -0.3 is 19.7 Å². The molecule has 3 aromatic carbocycles. The SMILES string of the molecule is CCOc1cc(C=NNC(=O)C(=Cc2ccc(N(C)C)cc2)NC(=O)c2ccccc2)ccc1OC(=O)c1cccs1. The fraction of sp³-hybridized carbons (Fsp3) is 0.125. The van der Waals surface area contributed by atoms with Crippen LogP contribution in [0.15, 0.2) is 101 Å². The summed E-state index contributed by atoms with van der Waals surface area (Å²) in [6, 6.07) is 24.5. The summed E-state index contributed by atoms with van der Waals surface area (Å²) in [5.41, 5.74) is 5.20. The molecule has 0 aliphatic heterocycles. The van der Waals surface area contributed by atoms with Crippen LogP contribution in [0.1, 0.15) is 38.1 Å². The highest BCUT2D eigenvalue weighted by Gasteiger charge is 2.16. The number of hydrazone groups is 1. The molecule has 0 atom stereocenters. The number of esters is 1. The van der Waals surface area contributed by atoms with E-state index in [4.69, 9.17) is 9.47 Å². The molecule has 0 bridgehead atoms. The van der Waals surface area contributed by atoms with Gasteiger partial charge in [0.1, 0.15) is 10.6 Å². The molecule has 1 aromatic heterocycles. The predicted molar refractivity (Wildman–Crippen MR) is 165 cm³/mol. The van der Waals surface area contributed by atoms with E-state index >= 15 is 0 Å². The first-order valence-corrected chi connectivity index (χ1v) is 13.9. The molecule has 0 saturated heterocycles. The number of anilines is 1. The van der Waals surface area contributed by atoms with Gasteiger partial charge in [0.25, 0.3) is 11.8 Å². The smallest absolute Gasteiger partial charge is 0.353 e. The number of benzene rings is 3. The highest BCUT2D eigenvalue weighted by Crippen LogP contribution is 2.29. The Labute approximate surface area is 248 Å². The maximum Gasteiger partial charge on any atom is 0.353 e. The monoisotopic (exact) mass is 582 g/mol. The molecule has 214 valence electrons. The summed E-state index contributed by atoms with van der Waals surface area (Å²) in [5.74, 6) is -0.897. The molecule has 2 N–H and O–H groups in total. The average Bonchev–Trinajstić information content (AvgIpc) is 3.54. The van der Waals surface area contributed by atoms with Gasteiger partial charge in [0.15, 0.2) is 11.5 Å². The molecular weight excluding hydrogens is 552 g/mol. The number of carbonyl (C=O) groups excluding carboxylic acids is 3. The number of hydrogen-bond donors (Lipinski definition) is 2. The molecule has 0 unspecified atom stereocenters. The van der Waals surface area contributed by atoms with E-state index in [-0.39, 0.29) is 11.4 Å². The van der Waals surface area contributed by atoms with Crippen molar-refractivity contribution in [2.45, 2.75) is 6.92 Å². The third-order valence-corrected chi connectivity index (χ3v) is 6.67. The van der Waals surface area contributed by atoms with E-state index in [1.165, 1.54) is 17.6 Å². The average molecular weight is 583 g/mol. The number of amides is 2. The van der Waals surface area contributed by atoms with Gasteiger partial charge in [-0.25, -0.2) is 10.2 Å². The maximum absolute atomic E-state index is 13.1. The number of carbonyl (C=O) groups is 3. The molecule has 4 rings (SSSR count). The van der Waals surface area contributed by atoms with E-state index in [0.29, 0.717) is 28.4 Å². The molecular formula is C32H30N4O5S. The van der Waals surface area contributed by atoms with Crippen LogP contribution >= 0.6 is 11.3 Å². The van der Waals surface area contributed by atoms with Crippen LogP contribution < -0.4 is 25.1 Å². The molecule has 0 saturated carbocycles. The number of rotatable bonds is 11. The van der Waals surface area contributed by atoms with E-state index in [0.717, 1.165) is 11.3 Å². The number of nitrogens with one attached hydrogen (secondary N) is 2. The highest BCUT2D eigenvalue weighted by molar-refractivity contribution is 7.12. The van der Waals surface area contributed by atoms with Crippen LogP contribution in [0.4, 0.5) is 5.69 Å². The first-order valence-electron chi connectivity index (χ1n) is 13.1. The Hall–Kier alpha value is -5.22. The van der Waals surface area contributed by atoms with Gasteiger partial charge in [0.05, 0.1) is 12.8 Å². The van der Waals surface area contributed by atoms with Crippen molar-refractivity contribution in [2.75, 3.05) is 25.6 Å². The Balaban J connectivity index is 1.50. The fourth-order valence-electron chi connectivity index (χ4n) is 3.71. The third-order valence-electron chi connectivity index (χ3n) is 5.82. The summed E-state index contributed by atoms with van der Waals surface area (Å²) in [6.45, 7) is 2.17. The molecule has 4 aromatic rings. The second kappa shape index (κ2) is 14.4. The second-order valence-electron chi connectivity index (χ2n) is 9.07. The van der Waals surface area contributed by atoms with Crippen molar-refractivity contribution >= 4 is 47.1 Å². The Morgan fingerprint density at radius 2 is 1.64 bits per heavy atom. The fourth-order valence-corrected chi connectivity index (χ4v) is 4.30. The Kier molecular flexibility index (Phi) is 10.2. The lowest BCUT2D eigenvalue weighted by Gasteiger charge is -2.13. The van der Waals surface area contributed by atoms with E-state index in [1.54, 1.807) is 72.1 Å². The van der Waals surface area contributed by atoms with Gasteiger partial charge in [-0.15, -0.1) is 11.3 Å². The van der Waals surface area contributed by atoms with Crippen molar-refractivity contribution in [3.05, 3.63) is 118 Å². The van der Waals surface area contributed by atoms with Crippen molar-refractivity contribution in [3.63, 3.8) is 0 Å². The Morgan fingerprint density at radius 3 is 2.31 bits per heavy atom. The largest absolute Gasteiger partial charge is 0.490 e. The van der Waals surface area contributed by atoms with Crippen LogP contribution in [0.3, 0.4) is 0 Å². The van der Waals surface area contributed by atoms with Crippen molar-refractivity contribution in [2.24, 2.45) is 5.10 Å². The molecule has 0 spiro atoms. The van der Waals surface area contributed by atoms with Gasteiger partial charge in [-0.2, -0.15) is 5.10 Å². The standard InChI is InChI=1S/C32H30N4O5S/c1-4-40-28-20-23(14-17-27(28)41-32(39)29-11-8-18-42-29)21-33-35-31(38)26(34-30(37)24-9-6-5-7-10-24)19-22-12-15-25(16-13-22)36(2)3/h5-21H,4H2,1-3H3,(H,34,37)(H,35,38). The Bertz CT molecular complexity index is 1580. The maximum atomic E-state index is 13.1. The topological polar surface area (TPSA) is 109 Å². The van der Waals surface area contributed by atoms with Crippen LogP contribution in [0.5, 0.6) is 11.5 Å². The van der Waals surface area contributed by atoms with E-state index in [9.17, 15) is 14.4 Å². The zero-order valence-corrected chi connectivity index (χ0v) is 24.2. The van der Waals surface area contributed by atoms with E-state index < -0.39 is 17.8 Å². The summed E-state index contributed by atoms with van der Waals surface area (Å²) in [4.78, 5) is 40.8. The lowest BCUT2D eigenvalue weighted by atomic mass is 10.1.